The lowest BCUT2D eigenvalue weighted by molar-refractivity contribution is -0.133. The fourth-order valence-corrected chi connectivity index (χ4v) is 1.56. The molecule has 0 atom stereocenters. The highest BCUT2D eigenvalue weighted by molar-refractivity contribution is 6.43. The molecule has 2 rings (SSSR count). The molecular weight excluding hydrogens is 278 g/mol. The van der Waals surface area contributed by atoms with Crippen molar-refractivity contribution < 1.29 is 9.59 Å². The van der Waals surface area contributed by atoms with E-state index in [4.69, 9.17) is 11.6 Å². The number of aromatic nitrogens is 1. The minimum Gasteiger partial charge on any atom is -0.318 e. The number of aryl methyl sites for hydroxylation is 1. The van der Waals surface area contributed by atoms with Gasteiger partial charge in [0, 0.05) is 16.9 Å². The van der Waals surface area contributed by atoms with Crippen molar-refractivity contribution in [3.63, 3.8) is 0 Å². The van der Waals surface area contributed by atoms with Gasteiger partial charge in [-0.2, -0.15) is 0 Å². The van der Waals surface area contributed by atoms with Gasteiger partial charge in [0.2, 0.25) is 0 Å². The second-order valence-corrected chi connectivity index (χ2v) is 4.57. The highest BCUT2D eigenvalue weighted by atomic mass is 35.5. The summed E-state index contributed by atoms with van der Waals surface area (Å²) in [6.45, 7) is 1.88. The van der Waals surface area contributed by atoms with Gasteiger partial charge in [0.25, 0.3) is 0 Å². The maximum atomic E-state index is 11.7. The van der Waals surface area contributed by atoms with Crippen LogP contribution in [0.5, 0.6) is 0 Å². The Morgan fingerprint density at radius 3 is 2.25 bits per heavy atom. The van der Waals surface area contributed by atoms with Gasteiger partial charge in [-0.15, -0.1) is 0 Å². The molecule has 0 saturated heterocycles. The third-order valence-electron chi connectivity index (χ3n) is 2.46. The van der Waals surface area contributed by atoms with Crippen LogP contribution in [0.4, 0.5) is 11.5 Å². The van der Waals surface area contributed by atoms with E-state index < -0.39 is 11.8 Å². The van der Waals surface area contributed by atoms with Gasteiger partial charge in [-0.05, 0) is 42.8 Å². The molecule has 0 saturated carbocycles. The number of carbonyl (C=O) groups is 2. The lowest BCUT2D eigenvalue weighted by atomic mass is 10.3. The summed E-state index contributed by atoms with van der Waals surface area (Å²) in [7, 11) is 0. The van der Waals surface area contributed by atoms with Crippen LogP contribution < -0.4 is 10.6 Å². The fraction of sp³-hybridized carbons (Fsp3) is 0.0714. The van der Waals surface area contributed by atoms with E-state index in [-0.39, 0.29) is 0 Å². The van der Waals surface area contributed by atoms with Crippen LogP contribution in [0.25, 0.3) is 0 Å². The van der Waals surface area contributed by atoms with E-state index in [0.717, 1.165) is 5.56 Å². The Balaban J connectivity index is 1.96. The number of nitrogens with one attached hydrogen (secondary N) is 2. The molecule has 1 aromatic carbocycles. The van der Waals surface area contributed by atoms with Gasteiger partial charge in [-0.3, -0.25) is 9.59 Å². The Kier molecular flexibility index (Phi) is 4.32. The van der Waals surface area contributed by atoms with E-state index >= 15 is 0 Å². The largest absolute Gasteiger partial charge is 0.318 e. The highest BCUT2D eigenvalue weighted by Gasteiger charge is 2.14. The average Bonchev–Trinajstić information content (AvgIpc) is 2.44. The Morgan fingerprint density at radius 2 is 1.65 bits per heavy atom. The fourth-order valence-electron chi connectivity index (χ4n) is 1.44. The average molecular weight is 290 g/mol. The Morgan fingerprint density at radius 1 is 1.00 bits per heavy atom. The Labute approximate surface area is 121 Å². The zero-order valence-electron chi connectivity index (χ0n) is 10.7. The number of pyridine rings is 1. The lowest BCUT2D eigenvalue weighted by Crippen LogP contribution is -2.29. The maximum Gasteiger partial charge on any atom is 0.315 e. The summed E-state index contributed by atoms with van der Waals surface area (Å²) in [5.74, 6) is -1.22. The summed E-state index contributed by atoms with van der Waals surface area (Å²) in [5.41, 5.74) is 1.46. The first-order valence-corrected chi connectivity index (χ1v) is 6.23. The third kappa shape index (κ3) is 3.80. The van der Waals surface area contributed by atoms with Crippen molar-refractivity contribution >= 4 is 34.9 Å². The molecule has 0 fully saturated rings. The van der Waals surface area contributed by atoms with Crippen molar-refractivity contribution in [1.82, 2.24) is 4.98 Å². The zero-order valence-corrected chi connectivity index (χ0v) is 11.4. The molecule has 0 spiro atoms. The first-order chi connectivity index (χ1) is 9.54. The molecule has 20 heavy (non-hydrogen) atoms. The number of rotatable bonds is 2. The molecule has 1 aromatic heterocycles. The molecule has 6 heteroatoms. The quantitative estimate of drug-likeness (QED) is 0.835. The van der Waals surface area contributed by atoms with E-state index in [2.05, 4.69) is 15.6 Å². The number of benzene rings is 1. The van der Waals surface area contributed by atoms with Gasteiger partial charge in [-0.25, -0.2) is 4.98 Å². The van der Waals surface area contributed by atoms with Gasteiger partial charge < -0.3 is 10.6 Å². The van der Waals surface area contributed by atoms with Crippen LogP contribution in [0.3, 0.4) is 0 Å². The summed E-state index contributed by atoms with van der Waals surface area (Å²) in [6.07, 6.45) is 1.60. The third-order valence-corrected chi connectivity index (χ3v) is 2.71. The summed E-state index contributed by atoms with van der Waals surface area (Å²) >= 11 is 5.73. The van der Waals surface area contributed by atoms with E-state index in [1.807, 2.05) is 6.92 Å². The lowest BCUT2D eigenvalue weighted by Gasteiger charge is -2.06. The summed E-state index contributed by atoms with van der Waals surface area (Å²) in [5, 5.41) is 5.43. The number of halogens is 1. The smallest absolute Gasteiger partial charge is 0.315 e. The van der Waals surface area contributed by atoms with Crippen LogP contribution in [0, 0.1) is 6.92 Å². The topological polar surface area (TPSA) is 71.1 Å². The van der Waals surface area contributed by atoms with Gasteiger partial charge in [0.05, 0.1) is 0 Å². The van der Waals surface area contributed by atoms with Crippen molar-refractivity contribution in [2.45, 2.75) is 6.92 Å². The highest BCUT2D eigenvalue weighted by Crippen LogP contribution is 2.13. The predicted molar refractivity (Wildman–Crippen MR) is 77.7 cm³/mol. The number of amides is 2. The number of anilines is 2. The standard InChI is InChI=1S/C14H12ClN3O2/c1-9-2-7-12(16-8-9)18-14(20)13(19)17-11-5-3-10(15)4-6-11/h2-8H,1H3,(H,17,19)(H,16,18,20). The summed E-state index contributed by atoms with van der Waals surface area (Å²) in [4.78, 5) is 27.4. The van der Waals surface area contributed by atoms with Gasteiger partial charge in [0.1, 0.15) is 5.82 Å². The van der Waals surface area contributed by atoms with Crippen LogP contribution in [0.2, 0.25) is 5.02 Å². The Bertz CT molecular complexity index is 566. The van der Waals surface area contributed by atoms with Crippen molar-refractivity contribution in [2.24, 2.45) is 0 Å². The maximum absolute atomic E-state index is 11.7. The zero-order chi connectivity index (χ0) is 14.5. The van der Waals surface area contributed by atoms with Crippen molar-refractivity contribution in [3.05, 3.63) is 53.2 Å². The van der Waals surface area contributed by atoms with E-state index in [9.17, 15) is 9.59 Å². The number of hydrogen-bond acceptors (Lipinski definition) is 3. The molecule has 0 radical (unpaired) electrons. The van der Waals surface area contributed by atoms with Crippen LogP contribution in [-0.4, -0.2) is 16.8 Å². The molecular formula is C14H12ClN3O2. The van der Waals surface area contributed by atoms with Crippen molar-refractivity contribution in [2.75, 3.05) is 10.6 Å². The minimum atomic E-state index is -0.781. The predicted octanol–water partition coefficient (Wildman–Crippen LogP) is 2.62. The summed E-state index contributed by atoms with van der Waals surface area (Å²) < 4.78 is 0. The van der Waals surface area contributed by atoms with E-state index in [1.165, 1.54) is 0 Å². The van der Waals surface area contributed by atoms with E-state index in [0.29, 0.717) is 16.5 Å². The number of carbonyl (C=O) groups excluding carboxylic acids is 2. The molecule has 5 nitrogen and oxygen atoms in total. The van der Waals surface area contributed by atoms with Crippen molar-refractivity contribution in [3.8, 4) is 0 Å². The van der Waals surface area contributed by atoms with Crippen LogP contribution in [-0.2, 0) is 9.59 Å². The molecule has 1 heterocycles. The molecule has 2 aromatic rings. The first-order valence-electron chi connectivity index (χ1n) is 5.85. The number of hydrogen-bond donors (Lipinski definition) is 2. The number of nitrogens with zero attached hydrogens (tertiary/aromatic N) is 1. The van der Waals surface area contributed by atoms with Crippen LogP contribution >= 0.6 is 11.6 Å². The SMILES string of the molecule is Cc1ccc(NC(=O)C(=O)Nc2ccc(Cl)cc2)nc1. The molecule has 0 aliphatic carbocycles. The van der Waals surface area contributed by atoms with Gasteiger partial charge in [0.15, 0.2) is 0 Å². The monoisotopic (exact) mass is 289 g/mol. The van der Waals surface area contributed by atoms with Gasteiger partial charge in [-0.1, -0.05) is 17.7 Å². The van der Waals surface area contributed by atoms with Crippen LogP contribution in [0.15, 0.2) is 42.6 Å². The molecule has 102 valence electrons. The normalized spacial score (nSPS) is 9.90. The van der Waals surface area contributed by atoms with Crippen LogP contribution in [0.1, 0.15) is 5.56 Å². The second-order valence-electron chi connectivity index (χ2n) is 4.14. The van der Waals surface area contributed by atoms with Gasteiger partial charge >= 0.3 is 11.8 Å². The Hall–Kier alpha value is -2.40. The molecule has 2 amide bonds. The molecule has 0 aliphatic heterocycles. The van der Waals surface area contributed by atoms with Crippen molar-refractivity contribution in [1.29, 1.82) is 0 Å². The second kappa shape index (κ2) is 6.16. The summed E-state index contributed by atoms with van der Waals surface area (Å²) in [6, 6.07) is 9.88. The minimum absolute atomic E-state index is 0.326. The molecule has 0 unspecified atom stereocenters. The molecule has 0 aliphatic rings. The molecule has 2 N–H and O–H groups in total. The van der Waals surface area contributed by atoms with E-state index in [1.54, 1.807) is 42.6 Å². The first kappa shape index (κ1) is 14.0. The molecule has 0 bridgehead atoms.